The summed E-state index contributed by atoms with van der Waals surface area (Å²) in [5.41, 5.74) is 11.9. The van der Waals surface area contributed by atoms with Crippen molar-refractivity contribution < 1.29 is 0 Å². The molecule has 0 spiro atoms. The Bertz CT molecular complexity index is 1110. The second-order valence-electron chi connectivity index (χ2n) is 10.2. The monoisotopic (exact) mass is 539 g/mol. The predicted octanol–water partition coefficient (Wildman–Crippen LogP) is 5.86. The minimum atomic E-state index is -0.768. The summed E-state index contributed by atoms with van der Waals surface area (Å²) in [7, 11) is 4.08. The zero-order valence-corrected chi connectivity index (χ0v) is 23.3. The molecule has 1 unspecified atom stereocenters. The average molecular weight is 541 g/mol. The second kappa shape index (κ2) is 12.8. The summed E-state index contributed by atoms with van der Waals surface area (Å²) in [6.07, 6.45) is 4.32. The van der Waals surface area contributed by atoms with Crippen molar-refractivity contribution in [3.63, 3.8) is 0 Å². The molecule has 198 valence electrons. The number of fused-ring (bicyclic) bond motifs is 1. The lowest BCUT2D eigenvalue weighted by Crippen LogP contribution is -2.57. The summed E-state index contributed by atoms with van der Waals surface area (Å²) >= 11 is 0. The second-order valence-corrected chi connectivity index (χ2v) is 10.2. The molecule has 1 heterocycles. The van der Waals surface area contributed by atoms with E-state index in [4.69, 9.17) is 10.7 Å². The van der Waals surface area contributed by atoms with E-state index in [1.807, 2.05) is 14.1 Å². The molecule has 0 radical (unpaired) electrons. The number of benzene rings is 3. The molecule has 7 heteroatoms. The van der Waals surface area contributed by atoms with Gasteiger partial charge in [-0.3, -0.25) is 5.73 Å². The van der Waals surface area contributed by atoms with E-state index in [1.165, 1.54) is 11.1 Å². The maximum absolute atomic E-state index is 6.95. The molecule has 5 nitrogen and oxygen atoms in total. The molecule has 37 heavy (non-hydrogen) atoms. The molecule has 0 amide bonds. The molecule has 2 aliphatic rings. The first-order valence-corrected chi connectivity index (χ1v) is 12.8. The zero-order chi connectivity index (χ0) is 24.3. The van der Waals surface area contributed by atoms with Crippen LogP contribution in [-0.2, 0) is 0 Å². The number of halogens is 2. The Balaban J connectivity index is 0.00000190. The van der Waals surface area contributed by atoms with E-state index in [1.54, 1.807) is 0 Å². The molecule has 0 saturated heterocycles. The molecule has 3 aromatic rings. The van der Waals surface area contributed by atoms with Gasteiger partial charge in [-0.2, -0.15) is 0 Å². The van der Waals surface area contributed by atoms with Gasteiger partial charge in [0.2, 0.25) is 0 Å². The highest BCUT2D eigenvalue weighted by Crippen LogP contribution is 2.37. The lowest BCUT2D eigenvalue weighted by molar-refractivity contribution is 0.206. The number of aliphatic imine (C=N–C) groups is 1. The summed E-state index contributed by atoms with van der Waals surface area (Å²) in [6.45, 7) is 0.936. The van der Waals surface area contributed by atoms with Crippen molar-refractivity contribution in [3.8, 4) is 0 Å². The number of para-hydroxylation sites is 1. The number of rotatable bonds is 6. The summed E-state index contributed by atoms with van der Waals surface area (Å²) in [5, 5.41) is 7.47. The minimum Gasteiger partial charge on any atom is -0.362 e. The third-order valence-electron chi connectivity index (χ3n) is 7.58. The van der Waals surface area contributed by atoms with Gasteiger partial charge in [-0.05, 0) is 48.9 Å². The van der Waals surface area contributed by atoms with Crippen LogP contribution in [-0.4, -0.2) is 43.2 Å². The molecule has 1 saturated carbocycles. The summed E-state index contributed by atoms with van der Waals surface area (Å²) in [6, 6.07) is 30.5. The van der Waals surface area contributed by atoms with Gasteiger partial charge >= 0.3 is 0 Å². The number of amidine groups is 1. The minimum absolute atomic E-state index is 0. The number of nitrogens with two attached hydrogens (primary N) is 1. The van der Waals surface area contributed by atoms with E-state index in [0.29, 0.717) is 17.9 Å². The molecule has 1 aliphatic carbocycles. The van der Waals surface area contributed by atoms with E-state index in [-0.39, 0.29) is 24.8 Å². The van der Waals surface area contributed by atoms with Crippen LogP contribution in [0, 0.1) is 5.92 Å². The Morgan fingerprint density at radius 2 is 1.41 bits per heavy atom. The smallest absolute Gasteiger partial charge is 0.187 e. The van der Waals surface area contributed by atoms with Crippen molar-refractivity contribution >= 4 is 36.3 Å². The topological polar surface area (TPSA) is 65.7 Å². The van der Waals surface area contributed by atoms with E-state index in [2.05, 4.69) is 100 Å². The number of nitrogens with one attached hydrogen (secondary N) is 2. The van der Waals surface area contributed by atoms with Crippen LogP contribution >= 0.6 is 24.8 Å². The highest BCUT2D eigenvalue weighted by molar-refractivity contribution is 6.05. The number of hydrogen-bond acceptors (Lipinski definition) is 5. The predicted molar refractivity (Wildman–Crippen MR) is 160 cm³/mol. The van der Waals surface area contributed by atoms with Gasteiger partial charge < -0.3 is 15.5 Å². The largest absolute Gasteiger partial charge is 0.362 e. The standard InChI is InChI=1S/C30H37N5.2ClH/c1-35(2)29-26-15-9-10-16-28(26)33-30(31,34-29)24-17-19-25(20-18-24)32-21-27(22-11-5-3-6-12-22)23-13-7-4-8-14-23;;/h3-16,24-25,27,32-33H,17-21,31H2,1-2H3;2*1H. The Morgan fingerprint density at radius 1 is 0.865 bits per heavy atom. The van der Waals surface area contributed by atoms with Gasteiger partial charge in [0.25, 0.3) is 0 Å². The first kappa shape index (κ1) is 29.0. The van der Waals surface area contributed by atoms with Crippen molar-refractivity contribution in [3.05, 3.63) is 102 Å². The zero-order valence-electron chi connectivity index (χ0n) is 21.6. The summed E-state index contributed by atoms with van der Waals surface area (Å²) in [4.78, 5) is 7.12. The maximum Gasteiger partial charge on any atom is 0.187 e. The van der Waals surface area contributed by atoms with E-state index in [9.17, 15) is 0 Å². The van der Waals surface area contributed by atoms with Gasteiger partial charge in [0.05, 0.1) is 0 Å². The van der Waals surface area contributed by atoms with E-state index in [0.717, 1.165) is 49.3 Å². The van der Waals surface area contributed by atoms with Crippen molar-refractivity contribution in [1.29, 1.82) is 0 Å². The van der Waals surface area contributed by atoms with Gasteiger partial charge in [-0.25, -0.2) is 4.99 Å². The Morgan fingerprint density at radius 3 is 1.97 bits per heavy atom. The number of hydrogen-bond donors (Lipinski definition) is 3. The van der Waals surface area contributed by atoms with Crippen LogP contribution in [0.2, 0.25) is 0 Å². The highest BCUT2D eigenvalue weighted by Gasteiger charge is 2.41. The van der Waals surface area contributed by atoms with Crippen molar-refractivity contribution in [2.24, 2.45) is 16.6 Å². The maximum atomic E-state index is 6.95. The first-order chi connectivity index (χ1) is 17.0. The first-order valence-electron chi connectivity index (χ1n) is 12.8. The number of nitrogens with zero attached hydrogens (tertiary/aromatic N) is 2. The van der Waals surface area contributed by atoms with E-state index >= 15 is 0 Å². The van der Waals surface area contributed by atoms with Crippen molar-refractivity contribution in [2.75, 3.05) is 26.0 Å². The normalized spacial score (nSPS) is 22.5. The summed E-state index contributed by atoms with van der Waals surface area (Å²) in [5.74, 6) is 0.827. The van der Waals surface area contributed by atoms with Crippen molar-refractivity contribution in [1.82, 2.24) is 10.2 Å². The Hall–Kier alpha value is -2.57. The Kier molecular flexibility index (Phi) is 10.0. The summed E-state index contributed by atoms with van der Waals surface area (Å²) < 4.78 is 0. The van der Waals surface area contributed by atoms with Crippen LogP contribution in [0.3, 0.4) is 0 Å². The van der Waals surface area contributed by atoms with Gasteiger partial charge in [0.15, 0.2) is 5.79 Å². The van der Waals surface area contributed by atoms with Crippen LogP contribution in [0.1, 0.15) is 48.3 Å². The molecular weight excluding hydrogens is 501 g/mol. The average Bonchev–Trinajstić information content (AvgIpc) is 2.90. The van der Waals surface area contributed by atoms with Gasteiger partial charge in [0, 0.05) is 49.8 Å². The quantitative estimate of drug-likeness (QED) is 0.367. The van der Waals surface area contributed by atoms with Gasteiger partial charge in [-0.15, -0.1) is 24.8 Å². The molecule has 1 atom stereocenters. The lowest BCUT2D eigenvalue weighted by Gasteiger charge is -2.43. The van der Waals surface area contributed by atoms with Crippen LogP contribution in [0.25, 0.3) is 0 Å². The fourth-order valence-corrected chi connectivity index (χ4v) is 5.62. The molecule has 5 rings (SSSR count). The third-order valence-corrected chi connectivity index (χ3v) is 7.58. The van der Waals surface area contributed by atoms with Crippen molar-refractivity contribution in [2.45, 2.75) is 43.4 Å². The molecule has 0 aromatic heterocycles. The number of anilines is 1. The van der Waals surface area contributed by atoms with Gasteiger partial charge in [-0.1, -0.05) is 72.8 Å². The van der Waals surface area contributed by atoms with Crippen LogP contribution in [0.4, 0.5) is 5.69 Å². The molecule has 0 bridgehead atoms. The SMILES string of the molecule is CN(C)C1=NC(N)(C2CCC(NCC(c3ccccc3)c3ccccc3)CC2)Nc2ccccc21.Cl.Cl. The van der Waals surface area contributed by atoms with Crippen LogP contribution < -0.4 is 16.4 Å². The lowest BCUT2D eigenvalue weighted by atomic mass is 9.80. The molecule has 1 fully saturated rings. The van der Waals surface area contributed by atoms with Gasteiger partial charge in [0.1, 0.15) is 5.84 Å². The Labute approximate surface area is 233 Å². The fraction of sp³-hybridized carbons (Fsp3) is 0.367. The fourth-order valence-electron chi connectivity index (χ4n) is 5.62. The third kappa shape index (κ3) is 6.47. The molecular formula is C30H39Cl2N5. The van der Waals surface area contributed by atoms with Crippen LogP contribution in [0.15, 0.2) is 89.9 Å². The highest BCUT2D eigenvalue weighted by atomic mass is 35.5. The molecule has 4 N–H and O–H groups in total. The van der Waals surface area contributed by atoms with Crippen LogP contribution in [0.5, 0.6) is 0 Å². The molecule has 3 aromatic carbocycles. The van der Waals surface area contributed by atoms with E-state index < -0.39 is 5.79 Å². The molecule has 1 aliphatic heterocycles.